The van der Waals surface area contributed by atoms with Gasteiger partial charge in [0.1, 0.15) is 0 Å². The van der Waals surface area contributed by atoms with E-state index < -0.39 is 26.7 Å². The topological polar surface area (TPSA) is 110 Å². The second-order valence-corrected chi connectivity index (χ2v) is 7.27. The molecule has 2 unspecified atom stereocenters. The van der Waals surface area contributed by atoms with E-state index in [-0.39, 0.29) is 16.8 Å². The number of rotatable bonds is 7. The monoisotopic (exact) mass is 334 g/mol. The Labute approximate surface area is 128 Å². The molecule has 0 saturated carbocycles. The van der Waals surface area contributed by atoms with Crippen LogP contribution in [0.5, 0.6) is 0 Å². The lowest BCUT2D eigenvalue weighted by atomic mass is 10.2. The molecule has 2 N–H and O–H groups in total. The van der Waals surface area contributed by atoms with E-state index in [0.29, 0.717) is 5.56 Å². The molecule has 0 heterocycles. The first-order valence-electron chi connectivity index (χ1n) is 6.14. The van der Waals surface area contributed by atoms with Gasteiger partial charge in [0.2, 0.25) is 10.0 Å². The molecule has 1 aromatic rings. The molecule has 0 bridgehead atoms. The summed E-state index contributed by atoms with van der Waals surface area (Å²) < 4.78 is 27.2. The number of nitrogens with zero attached hydrogens (tertiary/aromatic N) is 1. The van der Waals surface area contributed by atoms with Gasteiger partial charge in [0, 0.05) is 17.4 Å². The van der Waals surface area contributed by atoms with E-state index >= 15 is 0 Å². The summed E-state index contributed by atoms with van der Waals surface area (Å²) >= 11 is 1.32. The fourth-order valence-electron chi connectivity index (χ4n) is 1.95. The van der Waals surface area contributed by atoms with Crippen molar-refractivity contribution in [3.63, 3.8) is 0 Å². The van der Waals surface area contributed by atoms with Gasteiger partial charge in [-0.2, -0.15) is 11.8 Å². The van der Waals surface area contributed by atoms with Crippen LogP contribution in [0.25, 0.3) is 0 Å². The number of sulfonamides is 1. The number of nitro groups is 1. The van der Waals surface area contributed by atoms with Gasteiger partial charge in [0.15, 0.2) is 4.90 Å². The number of hydrogen-bond acceptors (Lipinski definition) is 6. The summed E-state index contributed by atoms with van der Waals surface area (Å²) in [6, 6.07) is 3.54. The first-order valence-corrected chi connectivity index (χ1v) is 8.91. The minimum absolute atomic E-state index is 0.194. The predicted molar refractivity (Wildman–Crippen MR) is 82.0 cm³/mol. The molecule has 118 valence electrons. The van der Waals surface area contributed by atoms with Gasteiger partial charge in [-0.15, -0.1) is 0 Å². The van der Waals surface area contributed by atoms with E-state index in [1.807, 2.05) is 0 Å². The van der Waals surface area contributed by atoms with Crippen molar-refractivity contribution in [3.05, 3.63) is 33.9 Å². The lowest BCUT2D eigenvalue weighted by Gasteiger charge is -2.21. The Morgan fingerprint density at radius 2 is 2.10 bits per heavy atom. The van der Waals surface area contributed by atoms with Crippen molar-refractivity contribution < 1.29 is 18.4 Å². The SMILES string of the molecule is CSC(CO)C(C)NS(=O)(=O)c1c(C)cccc1[N+](=O)[O-]. The van der Waals surface area contributed by atoms with Crippen molar-refractivity contribution in [2.24, 2.45) is 0 Å². The van der Waals surface area contributed by atoms with E-state index in [1.165, 1.54) is 30.8 Å². The van der Waals surface area contributed by atoms with E-state index in [2.05, 4.69) is 4.72 Å². The second-order valence-electron chi connectivity index (χ2n) is 4.55. The summed E-state index contributed by atoms with van der Waals surface area (Å²) in [7, 11) is -4.05. The Kier molecular flexibility index (Phi) is 6.14. The molecule has 0 spiro atoms. The summed E-state index contributed by atoms with van der Waals surface area (Å²) in [5, 5.41) is 19.9. The summed E-state index contributed by atoms with van der Waals surface area (Å²) in [6.45, 7) is 2.92. The van der Waals surface area contributed by atoms with Gasteiger partial charge < -0.3 is 5.11 Å². The molecule has 0 aliphatic heterocycles. The average molecular weight is 334 g/mol. The van der Waals surface area contributed by atoms with Crippen LogP contribution in [0.3, 0.4) is 0 Å². The lowest BCUT2D eigenvalue weighted by Crippen LogP contribution is -2.41. The van der Waals surface area contributed by atoms with Crippen LogP contribution >= 0.6 is 11.8 Å². The zero-order valence-electron chi connectivity index (χ0n) is 11.9. The molecule has 0 amide bonds. The standard InChI is InChI=1S/C12H18N2O5S2/c1-8-5-4-6-10(14(16)17)12(8)21(18,19)13-9(2)11(7-15)20-3/h4-6,9,11,13,15H,7H2,1-3H3. The molecule has 9 heteroatoms. The maximum absolute atomic E-state index is 12.4. The van der Waals surface area contributed by atoms with E-state index in [9.17, 15) is 23.6 Å². The summed E-state index contributed by atoms with van der Waals surface area (Å²) in [5.74, 6) is 0. The third-order valence-electron chi connectivity index (χ3n) is 3.04. The number of benzene rings is 1. The minimum Gasteiger partial charge on any atom is -0.395 e. The van der Waals surface area contributed by atoms with Crippen molar-refractivity contribution in [2.75, 3.05) is 12.9 Å². The van der Waals surface area contributed by atoms with E-state index in [0.717, 1.165) is 6.07 Å². The highest BCUT2D eigenvalue weighted by atomic mass is 32.2. The normalized spacial score (nSPS) is 14.7. The number of nitro benzene ring substituents is 1. The van der Waals surface area contributed by atoms with Gasteiger partial charge in [-0.1, -0.05) is 12.1 Å². The molecule has 0 aliphatic carbocycles. The zero-order valence-corrected chi connectivity index (χ0v) is 13.6. The molecule has 0 aliphatic rings. The molecule has 0 radical (unpaired) electrons. The molecule has 1 rings (SSSR count). The van der Waals surface area contributed by atoms with E-state index in [1.54, 1.807) is 13.2 Å². The smallest absolute Gasteiger partial charge is 0.289 e. The van der Waals surface area contributed by atoms with E-state index in [4.69, 9.17) is 0 Å². The number of aryl methyl sites for hydroxylation is 1. The van der Waals surface area contributed by atoms with Crippen LogP contribution in [0, 0.1) is 17.0 Å². The van der Waals surface area contributed by atoms with Crippen molar-refractivity contribution in [2.45, 2.75) is 30.0 Å². The van der Waals surface area contributed by atoms with Gasteiger partial charge in [-0.25, -0.2) is 13.1 Å². The van der Waals surface area contributed by atoms with Gasteiger partial charge in [0.05, 0.1) is 11.5 Å². The molecule has 21 heavy (non-hydrogen) atoms. The minimum atomic E-state index is -4.05. The molecule has 0 saturated heterocycles. The van der Waals surface area contributed by atoms with Crippen LogP contribution in [-0.4, -0.2) is 42.6 Å². The Hall–Kier alpha value is -1.16. The van der Waals surface area contributed by atoms with Gasteiger partial charge in [0.25, 0.3) is 5.69 Å². The lowest BCUT2D eigenvalue weighted by molar-refractivity contribution is -0.387. The Bertz CT molecular complexity index is 614. The Morgan fingerprint density at radius 3 is 2.57 bits per heavy atom. The van der Waals surface area contributed by atoms with Crippen molar-refractivity contribution in [3.8, 4) is 0 Å². The largest absolute Gasteiger partial charge is 0.395 e. The molecule has 7 nitrogen and oxygen atoms in total. The highest BCUT2D eigenvalue weighted by Gasteiger charge is 2.30. The fourth-order valence-corrected chi connectivity index (χ4v) is 4.34. The Morgan fingerprint density at radius 1 is 1.48 bits per heavy atom. The number of aliphatic hydroxyl groups is 1. The molecule has 1 aromatic carbocycles. The van der Waals surface area contributed by atoms with Gasteiger partial charge in [-0.3, -0.25) is 10.1 Å². The summed E-state index contributed by atoms with van der Waals surface area (Å²) in [4.78, 5) is 9.97. The van der Waals surface area contributed by atoms with Gasteiger partial charge in [-0.05, 0) is 25.7 Å². The number of thioether (sulfide) groups is 1. The first kappa shape index (κ1) is 17.9. The third-order valence-corrected chi connectivity index (χ3v) is 5.95. The highest BCUT2D eigenvalue weighted by molar-refractivity contribution is 7.99. The van der Waals surface area contributed by atoms with Crippen LogP contribution in [-0.2, 0) is 10.0 Å². The van der Waals surface area contributed by atoms with Crippen LogP contribution < -0.4 is 4.72 Å². The van der Waals surface area contributed by atoms with Gasteiger partial charge >= 0.3 is 0 Å². The van der Waals surface area contributed by atoms with Crippen LogP contribution in [0.15, 0.2) is 23.1 Å². The fraction of sp³-hybridized carbons (Fsp3) is 0.500. The molecule has 2 atom stereocenters. The molecular formula is C12H18N2O5S2. The molecular weight excluding hydrogens is 316 g/mol. The Balaban J connectivity index is 3.23. The maximum atomic E-state index is 12.4. The number of nitrogens with one attached hydrogen (secondary N) is 1. The maximum Gasteiger partial charge on any atom is 0.289 e. The van der Waals surface area contributed by atoms with Crippen molar-refractivity contribution >= 4 is 27.5 Å². The zero-order chi connectivity index (χ0) is 16.2. The third kappa shape index (κ3) is 4.16. The quantitative estimate of drug-likeness (QED) is 0.574. The molecule has 0 aromatic heterocycles. The molecule has 0 fully saturated rings. The van der Waals surface area contributed by atoms with Crippen molar-refractivity contribution in [1.29, 1.82) is 0 Å². The summed E-state index contributed by atoms with van der Waals surface area (Å²) in [6.07, 6.45) is 1.75. The number of aliphatic hydroxyl groups excluding tert-OH is 1. The first-order chi connectivity index (χ1) is 9.74. The van der Waals surface area contributed by atoms with Crippen LogP contribution in [0.4, 0.5) is 5.69 Å². The van der Waals surface area contributed by atoms with Crippen LogP contribution in [0.2, 0.25) is 0 Å². The van der Waals surface area contributed by atoms with Crippen molar-refractivity contribution in [1.82, 2.24) is 4.72 Å². The average Bonchev–Trinajstić information content (AvgIpc) is 2.38. The summed E-state index contributed by atoms with van der Waals surface area (Å²) in [5.41, 5.74) is -0.159. The number of hydrogen-bond donors (Lipinski definition) is 2. The van der Waals surface area contributed by atoms with Crippen LogP contribution in [0.1, 0.15) is 12.5 Å². The second kappa shape index (κ2) is 7.21. The highest BCUT2D eigenvalue weighted by Crippen LogP contribution is 2.27. The predicted octanol–water partition coefficient (Wildman–Crippen LogP) is 1.29.